The van der Waals surface area contributed by atoms with Gasteiger partial charge >= 0.3 is 5.97 Å². The summed E-state index contributed by atoms with van der Waals surface area (Å²) in [6, 6.07) is 8.05. The normalized spacial score (nSPS) is 10.8. The molecule has 0 aromatic heterocycles. The maximum Gasteiger partial charge on any atom is 0.328 e. The number of nitriles is 1. The summed E-state index contributed by atoms with van der Waals surface area (Å²) >= 11 is 0. The van der Waals surface area contributed by atoms with Gasteiger partial charge < -0.3 is 10.0 Å². The van der Waals surface area contributed by atoms with Crippen molar-refractivity contribution in [3.8, 4) is 6.07 Å². The second-order valence-electron chi connectivity index (χ2n) is 5.47. The van der Waals surface area contributed by atoms with Crippen molar-refractivity contribution in [1.29, 1.82) is 5.26 Å². The summed E-state index contributed by atoms with van der Waals surface area (Å²) in [4.78, 5) is 12.8. The zero-order valence-corrected chi connectivity index (χ0v) is 12.8. The Morgan fingerprint density at radius 2 is 2.19 bits per heavy atom. The summed E-state index contributed by atoms with van der Waals surface area (Å²) in [7, 11) is 0. The first-order chi connectivity index (χ1) is 9.93. The van der Waals surface area contributed by atoms with E-state index in [0.717, 1.165) is 29.4 Å². The third kappa shape index (κ3) is 5.70. The number of carboxylic acid groups (broad SMARTS) is 1. The minimum absolute atomic E-state index is 0.493. The lowest BCUT2D eigenvalue weighted by Crippen LogP contribution is -2.29. The fourth-order valence-corrected chi connectivity index (χ4v) is 2.24. The monoisotopic (exact) mass is 286 g/mol. The van der Waals surface area contributed by atoms with Gasteiger partial charge in [-0.2, -0.15) is 5.26 Å². The van der Waals surface area contributed by atoms with Gasteiger partial charge in [-0.05, 0) is 42.2 Å². The summed E-state index contributed by atoms with van der Waals surface area (Å²) in [6.07, 6.45) is 3.21. The molecule has 1 aromatic carbocycles. The Labute approximate surface area is 126 Å². The lowest BCUT2D eigenvalue weighted by molar-refractivity contribution is -0.131. The minimum Gasteiger partial charge on any atom is -0.478 e. The molecule has 0 aliphatic heterocycles. The lowest BCUT2D eigenvalue weighted by atomic mass is 10.1. The highest BCUT2D eigenvalue weighted by Crippen LogP contribution is 2.23. The molecule has 0 radical (unpaired) electrons. The van der Waals surface area contributed by atoms with Gasteiger partial charge in [0.05, 0.1) is 12.5 Å². The van der Waals surface area contributed by atoms with Crippen LogP contribution in [0.25, 0.3) is 6.08 Å². The lowest BCUT2D eigenvalue weighted by Gasteiger charge is -2.27. The highest BCUT2D eigenvalue weighted by atomic mass is 16.4. The molecule has 0 spiro atoms. The number of hydrogen-bond donors (Lipinski definition) is 1. The summed E-state index contributed by atoms with van der Waals surface area (Å²) in [5.74, 6) is -0.443. The molecule has 0 unspecified atom stereocenters. The van der Waals surface area contributed by atoms with Crippen LogP contribution in [0.4, 0.5) is 5.69 Å². The van der Waals surface area contributed by atoms with Crippen LogP contribution in [0.1, 0.15) is 31.4 Å². The van der Waals surface area contributed by atoms with Crippen LogP contribution in [0.5, 0.6) is 0 Å². The van der Waals surface area contributed by atoms with Crippen LogP contribution < -0.4 is 4.90 Å². The van der Waals surface area contributed by atoms with Gasteiger partial charge in [-0.25, -0.2) is 4.79 Å². The van der Waals surface area contributed by atoms with E-state index < -0.39 is 5.97 Å². The smallest absolute Gasteiger partial charge is 0.328 e. The zero-order valence-electron chi connectivity index (χ0n) is 12.8. The molecule has 0 saturated heterocycles. The molecule has 1 rings (SSSR count). The molecule has 1 N–H and O–H groups in total. The van der Waals surface area contributed by atoms with Crippen LogP contribution >= 0.6 is 0 Å². The molecule has 21 heavy (non-hydrogen) atoms. The Balaban J connectivity index is 2.98. The fraction of sp³-hybridized carbons (Fsp3) is 0.412. The highest BCUT2D eigenvalue weighted by molar-refractivity contribution is 5.85. The Morgan fingerprint density at radius 1 is 1.48 bits per heavy atom. The van der Waals surface area contributed by atoms with Crippen molar-refractivity contribution >= 4 is 17.7 Å². The Bertz CT molecular complexity index is 556. The second-order valence-corrected chi connectivity index (χ2v) is 5.47. The zero-order chi connectivity index (χ0) is 15.8. The van der Waals surface area contributed by atoms with Crippen LogP contribution in [0.2, 0.25) is 0 Å². The van der Waals surface area contributed by atoms with Gasteiger partial charge in [0.1, 0.15) is 0 Å². The number of aliphatic carboxylic acids is 1. The minimum atomic E-state index is -0.952. The van der Waals surface area contributed by atoms with E-state index in [-0.39, 0.29) is 0 Å². The van der Waals surface area contributed by atoms with Crippen molar-refractivity contribution in [2.45, 2.75) is 27.2 Å². The van der Waals surface area contributed by atoms with Crippen LogP contribution in [0.15, 0.2) is 24.3 Å². The van der Waals surface area contributed by atoms with E-state index in [2.05, 4.69) is 24.8 Å². The summed E-state index contributed by atoms with van der Waals surface area (Å²) in [6.45, 7) is 7.91. The van der Waals surface area contributed by atoms with Crippen LogP contribution in [-0.2, 0) is 4.79 Å². The summed E-state index contributed by atoms with van der Waals surface area (Å²) < 4.78 is 0. The topological polar surface area (TPSA) is 64.3 Å². The van der Waals surface area contributed by atoms with E-state index >= 15 is 0 Å². The molecule has 0 aliphatic rings. The quantitative estimate of drug-likeness (QED) is 0.779. The van der Waals surface area contributed by atoms with Crippen molar-refractivity contribution in [3.05, 3.63) is 35.4 Å². The predicted molar refractivity (Wildman–Crippen MR) is 85.1 cm³/mol. The number of carboxylic acids is 1. The summed E-state index contributed by atoms with van der Waals surface area (Å²) in [5, 5.41) is 17.4. The highest BCUT2D eigenvalue weighted by Gasteiger charge is 2.11. The molecule has 0 aliphatic carbocycles. The number of nitrogens with zero attached hydrogens (tertiary/aromatic N) is 2. The van der Waals surface area contributed by atoms with Crippen LogP contribution in [0.3, 0.4) is 0 Å². The SMILES string of the molecule is Cc1cc(C=CC(=O)O)ccc1N(CCC#N)CC(C)C. The van der Waals surface area contributed by atoms with Crippen LogP contribution in [0, 0.1) is 24.2 Å². The average molecular weight is 286 g/mol. The molecule has 0 heterocycles. The van der Waals surface area contributed by atoms with E-state index in [1.807, 2.05) is 25.1 Å². The molecule has 0 saturated carbocycles. The molecule has 1 aromatic rings. The number of benzene rings is 1. The third-order valence-corrected chi connectivity index (χ3v) is 3.06. The van der Waals surface area contributed by atoms with Crippen molar-refractivity contribution < 1.29 is 9.90 Å². The third-order valence-electron chi connectivity index (χ3n) is 3.06. The first-order valence-electron chi connectivity index (χ1n) is 7.07. The molecule has 0 atom stereocenters. The van der Waals surface area contributed by atoms with Gasteiger partial charge in [0.2, 0.25) is 0 Å². The molecular weight excluding hydrogens is 264 g/mol. The number of aryl methyl sites for hydroxylation is 1. The average Bonchev–Trinajstić information content (AvgIpc) is 2.41. The fourth-order valence-electron chi connectivity index (χ4n) is 2.24. The van der Waals surface area contributed by atoms with E-state index in [0.29, 0.717) is 18.9 Å². The number of hydrogen-bond acceptors (Lipinski definition) is 3. The standard InChI is InChI=1S/C17H22N2O2/c1-13(2)12-19(10-4-9-18)16-7-5-15(11-14(16)3)6-8-17(20)21/h5-8,11,13H,4,10,12H2,1-3H3,(H,20,21). The molecule has 112 valence electrons. The van der Waals surface area contributed by atoms with Crippen LogP contribution in [-0.4, -0.2) is 24.2 Å². The van der Waals surface area contributed by atoms with Gasteiger partial charge in [-0.15, -0.1) is 0 Å². The van der Waals surface area contributed by atoms with Crippen molar-refractivity contribution in [2.24, 2.45) is 5.92 Å². The molecule has 0 bridgehead atoms. The summed E-state index contributed by atoms with van der Waals surface area (Å²) in [5.41, 5.74) is 3.05. The molecule has 4 nitrogen and oxygen atoms in total. The Kier molecular flexibility index (Phi) is 6.48. The molecule has 0 fully saturated rings. The Morgan fingerprint density at radius 3 is 2.71 bits per heavy atom. The van der Waals surface area contributed by atoms with Crippen molar-refractivity contribution in [3.63, 3.8) is 0 Å². The molecule has 0 amide bonds. The number of rotatable bonds is 7. The predicted octanol–water partition coefficient (Wildman–Crippen LogP) is 3.47. The van der Waals surface area contributed by atoms with E-state index in [1.54, 1.807) is 6.08 Å². The van der Waals surface area contributed by atoms with Gasteiger partial charge in [-0.3, -0.25) is 0 Å². The van der Waals surface area contributed by atoms with E-state index in [4.69, 9.17) is 10.4 Å². The molecular formula is C17H22N2O2. The van der Waals surface area contributed by atoms with Crippen molar-refractivity contribution in [2.75, 3.05) is 18.0 Å². The van der Waals surface area contributed by atoms with Gasteiger partial charge in [-0.1, -0.05) is 19.9 Å². The van der Waals surface area contributed by atoms with E-state index in [1.165, 1.54) is 0 Å². The first kappa shape index (κ1) is 16.8. The van der Waals surface area contributed by atoms with Gasteiger partial charge in [0, 0.05) is 24.9 Å². The number of carbonyl (C=O) groups is 1. The Hall–Kier alpha value is -2.28. The van der Waals surface area contributed by atoms with Gasteiger partial charge in [0.25, 0.3) is 0 Å². The van der Waals surface area contributed by atoms with E-state index in [9.17, 15) is 4.79 Å². The number of anilines is 1. The molecule has 4 heteroatoms. The van der Waals surface area contributed by atoms with Gasteiger partial charge in [0.15, 0.2) is 0 Å². The second kappa shape index (κ2) is 8.11. The van der Waals surface area contributed by atoms with Crippen molar-refractivity contribution in [1.82, 2.24) is 0 Å². The maximum absolute atomic E-state index is 10.5. The maximum atomic E-state index is 10.5. The first-order valence-corrected chi connectivity index (χ1v) is 7.07. The largest absolute Gasteiger partial charge is 0.478 e.